The molecule has 0 aliphatic heterocycles. The summed E-state index contributed by atoms with van der Waals surface area (Å²) >= 11 is 0. The van der Waals surface area contributed by atoms with E-state index in [9.17, 15) is 18.0 Å². The minimum atomic E-state index is -3.52. The van der Waals surface area contributed by atoms with Crippen LogP contribution in [0.5, 0.6) is 0 Å². The lowest BCUT2D eigenvalue weighted by atomic mass is 10.2. The van der Waals surface area contributed by atoms with E-state index in [0.717, 1.165) is 13.2 Å². The zero-order valence-corrected chi connectivity index (χ0v) is 12.3. The summed E-state index contributed by atoms with van der Waals surface area (Å²) in [6.07, 6.45) is -0.396. The average Bonchev–Trinajstić information content (AvgIpc) is 2.35. The van der Waals surface area contributed by atoms with Crippen molar-refractivity contribution in [2.24, 2.45) is 0 Å². The number of hydrogen-bond acceptors (Lipinski definition) is 5. The highest BCUT2D eigenvalue weighted by atomic mass is 32.2. The second-order valence-corrected chi connectivity index (χ2v) is 6.82. The van der Waals surface area contributed by atoms with Gasteiger partial charge in [0, 0.05) is 18.9 Å². The number of carbonyl (C=O) groups excluding carboxylic acids is 2. The topological polar surface area (TPSA) is 89.5 Å². The number of nitrogens with one attached hydrogen (secondary N) is 1. The van der Waals surface area contributed by atoms with Crippen LogP contribution in [0.3, 0.4) is 0 Å². The summed E-state index contributed by atoms with van der Waals surface area (Å²) in [4.78, 5) is 23.1. The monoisotopic (exact) mass is 299 g/mol. The molecule has 6 nitrogen and oxygen atoms in total. The second kappa shape index (κ2) is 6.51. The number of benzene rings is 1. The van der Waals surface area contributed by atoms with E-state index >= 15 is 0 Å². The molecule has 0 spiro atoms. The van der Waals surface area contributed by atoms with Crippen LogP contribution in [-0.2, 0) is 24.2 Å². The number of ether oxygens (including phenoxy) is 1. The molecule has 0 aliphatic rings. The molecule has 2 atom stereocenters. The highest BCUT2D eigenvalue weighted by Gasteiger charge is 2.34. The molecule has 0 aliphatic carbocycles. The maximum atomic E-state index is 12.1. The van der Waals surface area contributed by atoms with Crippen molar-refractivity contribution in [1.82, 2.24) is 0 Å². The van der Waals surface area contributed by atoms with Crippen molar-refractivity contribution in [1.29, 1.82) is 0 Å². The van der Waals surface area contributed by atoms with Crippen molar-refractivity contribution >= 4 is 27.4 Å². The minimum Gasteiger partial charge on any atom is -0.451 e. The van der Waals surface area contributed by atoms with Gasteiger partial charge < -0.3 is 10.1 Å². The molecule has 20 heavy (non-hydrogen) atoms. The molecule has 7 heteroatoms. The van der Waals surface area contributed by atoms with Crippen LogP contribution in [0.2, 0.25) is 0 Å². The molecule has 0 aromatic heterocycles. The Balaban J connectivity index is 2.93. The molecule has 0 heterocycles. The molecular formula is C13H17NO5S. The Hall–Kier alpha value is -1.89. The molecule has 110 valence electrons. The van der Waals surface area contributed by atoms with Gasteiger partial charge in [-0.25, -0.2) is 8.42 Å². The lowest BCUT2D eigenvalue weighted by molar-refractivity contribution is -0.151. The lowest BCUT2D eigenvalue weighted by Gasteiger charge is -2.21. The number of para-hydroxylation sites is 1. The minimum absolute atomic E-state index is 0.496. The Kier molecular flexibility index (Phi) is 5.26. The van der Waals surface area contributed by atoms with Gasteiger partial charge in [-0.1, -0.05) is 18.2 Å². The third-order valence-corrected chi connectivity index (χ3v) is 4.29. The van der Waals surface area contributed by atoms with E-state index in [1.165, 1.54) is 6.92 Å². The summed E-state index contributed by atoms with van der Waals surface area (Å²) in [7, 11) is -3.52. The van der Waals surface area contributed by atoms with Gasteiger partial charge in [-0.2, -0.15) is 0 Å². The van der Waals surface area contributed by atoms with E-state index in [1.54, 1.807) is 30.3 Å². The van der Waals surface area contributed by atoms with Crippen molar-refractivity contribution in [3.05, 3.63) is 30.3 Å². The number of carbonyl (C=O) groups is 2. The van der Waals surface area contributed by atoms with Gasteiger partial charge in [-0.3, -0.25) is 9.59 Å². The van der Waals surface area contributed by atoms with Crippen LogP contribution >= 0.6 is 0 Å². The third-order valence-electron chi connectivity index (χ3n) is 2.69. The fourth-order valence-corrected chi connectivity index (χ4v) is 2.13. The van der Waals surface area contributed by atoms with E-state index in [0.29, 0.717) is 5.69 Å². The van der Waals surface area contributed by atoms with E-state index < -0.39 is 33.1 Å². The predicted octanol–water partition coefficient (Wildman–Crippen LogP) is 0.990. The Morgan fingerprint density at radius 3 is 2.20 bits per heavy atom. The molecule has 1 aromatic carbocycles. The summed E-state index contributed by atoms with van der Waals surface area (Å²) in [5.74, 6) is -1.39. The molecule has 0 saturated heterocycles. The van der Waals surface area contributed by atoms with Crippen molar-refractivity contribution in [2.45, 2.75) is 25.2 Å². The van der Waals surface area contributed by atoms with E-state index in [1.807, 2.05) is 0 Å². The smallest absolute Gasteiger partial charge is 0.303 e. The van der Waals surface area contributed by atoms with Gasteiger partial charge in [0.25, 0.3) is 5.91 Å². The zero-order chi connectivity index (χ0) is 15.3. The van der Waals surface area contributed by atoms with Crippen LogP contribution < -0.4 is 5.32 Å². The predicted molar refractivity (Wildman–Crippen MR) is 74.9 cm³/mol. The Morgan fingerprint density at radius 2 is 1.75 bits per heavy atom. The highest BCUT2D eigenvalue weighted by molar-refractivity contribution is 7.91. The molecule has 1 rings (SSSR count). The van der Waals surface area contributed by atoms with E-state index in [-0.39, 0.29) is 0 Å². The number of esters is 1. The summed E-state index contributed by atoms with van der Waals surface area (Å²) in [5, 5.41) is 1.39. The maximum absolute atomic E-state index is 12.1. The van der Waals surface area contributed by atoms with Gasteiger partial charge in [0.15, 0.2) is 15.9 Å². The van der Waals surface area contributed by atoms with Crippen molar-refractivity contribution in [2.75, 3.05) is 11.6 Å². The molecule has 0 bridgehead atoms. The van der Waals surface area contributed by atoms with Crippen LogP contribution in [0.15, 0.2) is 30.3 Å². The van der Waals surface area contributed by atoms with Crippen LogP contribution in [0.1, 0.15) is 13.8 Å². The Morgan fingerprint density at radius 1 is 1.20 bits per heavy atom. The standard InChI is InChI=1S/C13H17NO5S/c1-9(20(3,17)18)12(19-10(2)15)13(16)14-11-7-5-4-6-8-11/h4-9,12H,1-3H3,(H,14,16). The van der Waals surface area contributed by atoms with Gasteiger partial charge in [-0.05, 0) is 19.1 Å². The molecule has 0 fully saturated rings. The average molecular weight is 299 g/mol. The molecule has 2 unspecified atom stereocenters. The Bertz CT molecular complexity index is 582. The van der Waals surface area contributed by atoms with Gasteiger partial charge in [0.05, 0.1) is 0 Å². The highest BCUT2D eigenvalue weighted by Crippen LogP contribution is 2.13. The quantitative estimate of drug-likeness (QED) is 0.819. The van der Waals surface area contributed by atoms with Crippen LogP contribution in [0.4, 0.5) is 5.69 Å². The largest absolute Gasteiger partial charge is 0.451 e. The first-order chi connectivity index (χ1) is 9.21. The molecular weight excluding hydrogens is 282 g/mol. The maximum Gasteiger partial charge on any atom is 0.303 e. The van der Waals surface area contributed by atoms with E-state index in [4.69, 9.17) is 4.74 Å². The van der Waals surface area contributed by atoms with Crippen LogP contribution in [0, 0.1) is 0 Å². The van der Waals surface area contributed by atoms with Crippen molar-refractivity contribution in [3.63, 3.8) is 0 Å². The summed E-state index contributed by atoms with van der Waals surface area (Å²) in [6, 6.07) is 8.51. The molecule has 0 radical (unpaired) electrons. The van der Waals surface area contributed by atoms with E-state index in [2.05, 4.69) is 5.32 Å². The number of hydrogen-bond donors (Lipinski definition) is 1. The first-order valence-electron chi connectivity index (χ1n) is 5.94. The van der Waals surface area contributed by atoms with Crippen LogP contribution in [-0.4, -0.2) is 37.9 Å². The first-order valence-corrected chi connectivity index (χ1v) is 7.89. The summed E-state index contributed by atoms with van der Waals surface area (Å²) < 4.78 is 27.9. The SMILES string of the molecule is CC(=O)OC(C(=O)Nc1ccccc1)C(C)S(C)(=O)=O. The zero-order valence-electron chi connectivity index (χ0n) is 11.5. The lowest BCUT2D eigenvalue weighted by Crippen LogP contribution is -2.43. The first kappa shape index (κ1) is 16.2. The molecule has 1 aromatic rings. The fraction of sp³-hybridized carbons (Fsp3) is 0.385. The normalized spacial score (nSPS) is 14.2. The van der Waals surface area contributed by atoms with Gasteiger partial charge in [-0.15, -0.1) is 0 Å². The van der Waals surface area contributed by atoms with Gasteiger partial charge in [0.2, 0.25) is 0 Å². The van der Waals surface area contributed by atoms with Crippen molar-refractivity contribution in [3.8, 4) is 0 Å². The summed E-state index contributed by atoms with van der Waals surface area (Å²) in [5.41, 5.74) is 0.496. The second-order valence-electron chi connectivity index (χ2n) is 4.42. The molecule has 1 N–H and O–H groups in total. The third kappa shape index (κ3) is 4.65. The number of sulfone groups is 1. The van der Waals surface area contributed by atoms with Gasteiger partial charge >= 0.3 is 5.97 Å². The fourth-order valence-electron chi connectivity index (χ4n) is 1.50. The van der Waals surface area contributed by atoms with Gasteiger partial charge in [0.1, 0.15) is 5.25 Å². The Labute approximate surface area is 118 Å². The summed E-state index contributed by atoms with van der Waals surface area (Å²) in [6.45, 7) is 2.45. The van der Waals surface area contributed by atoms with Crippen LogP contribution in [0.25, 0.3) is 0 Å². The number of rotatable bonds is 5. The molecule has 0 saturated carbocycles. The van der Waals surface area contributed by atoms with Crippen molar-refractivity contribution < 1.29 is 22.7 Å². The number of amides is 1. The number of anilines is 1. The molecule has 1 amide bonds.